The lowest BCUT2D eigenvalue weighted by Crippen LogP contribution is -2.30. The zero-order valence-corrected chi connectivity index (χ0v) is 15.2. The Morgan fingerprint density at radius 1 is 1.44 bits per heavy atom. The zero-order valence-electron chi connectivity index (χ0n) is 14.4. The fourth-order valence-electron chi connectivity index (χ4n) is 3.77. The first-order valence-electron chi connectivity index (χ1n) is 8.69. The van der Waals surface area contributed by atoms with Crippen LogP contribution in [0.25, 0.3) is 0 Å². The van der Waals surface area contributed by atoms with Crippen LogP contribution in [0.4, 0.5) is 4.39 Å². The van der Waals surface area contributed by atoms with Crippen LogP contribution in [0, 0.1) is 39.8 Å². The van der Waals surface area contributed by atoms with Crippen LogP contribution in [-0.4, -0.2) is 35.1 Å². The lowest BCUT2D eigenvalue weighted by atomic mass is 9.91. The van der Waals surface area contributed by atoms with Gasteiger partial charge in [0.05, 0.1) is 21.2 Å². The lowest BCUT2D eigenvalue weighted by Gasteiger charge is -2.28. The fraction of sp³-hybridized carbons (Fsp3) is 0.611. The normalized spacial score (nSPS) is 25.9. The van der Waals surface area contributed by atoms with Gasteiger partial charge in [-0.15, -0.1) is 0 Å². The Morgan fingerprint density at radius 3 is 2.76 bits per heavy atom. The summed E-state index contributed by atoms with van der Waals surface area (Å²) in [6.07, 6.45) is 7.79. The largest absolute Gasteiger partial charge is 0.491 e. The van der Waals surface area contributed by atoms with E-state index in [-0.39, 0.29) is 10.6 Å². The van der Waals surface area contributed by atoms with Crippen molar-refractivity contribution in [3.63, 3.8) is 0 Å². The minimum Gasteiger partial charge on any atom is -0.491 e. The monoisotopic (exact) mass is 365 g/mol. The van der Waals surface area contributed by atoms with Crippen LogP contribution in [0.5, 0.6) is 5.75 Å². The second-order valence-corrected chi connectivity index (χ2v) is 9.32. The standard InChI is InChI=1S/C18H24FN3O2S/c1-25(21,23)15-2-3-18(17(19)11-15)24-9-6-14-10-16(14)13-4-7-22(12-20)8-5-13/h2-3,11,13-14,16,21H,4-10H2,1H3/t14-,16-,25?/m1/s1. The molecule has 1 aliphatic heterocycles. The predicted molar refractivity (Wildman–Crippen MR) is 93.1 cm³/mol. The fourth-order valence-corrected chi connectivity index (χ4v) is 4.43. The molecule has 5 nitrogen and oxygen atoms in total. The number of benzene rings is 1. The number of ether oxygens (including phenoxy) is 1. The number of halogens is 1. The summed E-state index contributed by atoms with van der Waals surface area (Å²) in [7, 11) is -2.91. The molecule has 1 aliphatic carbocycles. The highest BCUT2D eigenvalue weighted by Gasteiger charge is 2.43. The Morgan fingerprint density at radius 2 is 2.16 bits per heavy atom. The van der Waals surface area contributed by atoms with Crippen molar-refractivity contribution in [2.24, 2.45) is 17.8 Å². The van der Waals surface area contributed by atoms with Crippen molar-refractivity contribution in [2.75, 3.05) is 26.0 Å². The Balaban J connectivity index is 1.43. The number of likely N-dealkylation sites (tertiary alicyclic amines) is 1. The third-order valence-electron chi connectivity index (χ3n) is 5.36. The second kappa shape index (κ2) is 7.20. The summed E-state index contributed by atoms with van der Waals surface area (Å²) in [6.45, 7) is 2.21. The Kier molecular flexibility index (Phi) is 5.19. The highest BCUT2D eigenvalue weighted by atomic mass is 32.2. The van der Waals surface area contributed by atoms with Gasteiger partial charge in [0.15, 0.2) is 17.8 Å². The van der Waals surface area contributed by atoms with Gasteiger partial charge in [-0.05, 0) is 61.6 Å². The van der Waals surface area contributed by atoms with E-state index in [4.69, 9.17) is 14.8 Å². The van der Waals surface area contributed by atoms with Crippen molar-refractivity contribution >= 4 is 9.73 Å². The summed E-state index contributed by atoms with van der Waals surface area (Å²) in [5.74, 6) is 1.68. The summed E-state index contributed by atoms with van der Waals surface area (Å²) in [5.41, 5.74) is 0. The molecular weight excluding hydrogens is 341 g/mol. The number of piperidine rings is 1. The number of hydrogen-bond acceptors (Lipinski definition) is 5. The molecule has 0 amide bonds. The van der Waals surface area contributed by atoms with E-state index in [1.165, 1.54) is 24.8 Å². The summed E-state index contributed by atoms with van der Waals surface area (Å²) >= 11 is 0. The summed E-state index contributed by atoms with van der Waals surface area (Å²) in [6, 6.07) is 4.09. The molecule has 136 valence electrons. The number of rotatable bonds is 6. The molecule has 25 heavy (non-hydrogen) atoms. The van der Waals surface area contributed by atoms with Gasteiger partial charge >= 0.3 is 0 Å². The van der Waals surface area contributed by atoms with Gasteiger partial charge in [-0.25, -0.2) is 13.4 Å². The van der Waals surface area contributed by atoms with Crippen molar-refractivity contribution in [2.45, 2.75) is 30.6 Å². The van der Waals surface area contributed by atoms with E-state index in [1.807, 2.05) is 4.90 Å². The minimum absolute atomic E-state index is 0.159. The molecule has 1 saturated carbocycles. The van der Waals surface area contributed by atoms with Crippen LogP contribution in [0.1, 0.15) is 25.7 Å². The molecule has 3 atom stereocenters. The molecule has 1 aromatic rings. The molecule has 0 spiro atoms. The topological polar surface area (TPSA) is 77.2 Å². The van der Waals surface area contributed by atoms with E-state index in [0.29, 0.717) is 18.4 Å². The van der Waals surface area contributed by atoms with E-state index in [1.54, 1.807) is 0 Å². The zero-order chi connectivity index (χ0) is 18.0. The third kappa shape index (κ3) is 4.43. The SMILES string of the molecule is CS(=N)(=O)c1ccc(OCC[C@@H]2C[C@@H]2C2CCN(C#N)CC2)c(F)c1. The number of nitrogens with zero attached hydrogens (tertiary/aromatic N) is 2. The molecule has 1 N–H and O–H groups in total. The van der Waals surface area contributed by atoms with E-state index in [9.17, 15) is 8.60 Å². The Bertz CT molecular complexity index is 767. The molecule has 0 bridgehead atoms. The molecule has 1 unspecified atom stereocenters. The van der Waals surface area contributed by atoms with Crippen molar-refractivity contribution in [1.29, 1.82) is 10.0 Å². The van der Waals surface area contributed by atoms with Crippen LogP contribution in [0.3, 0.4) is 0 Å². The molecule has 3 rings (SSSR count). The van der Waals surface area contributed by atoms with Crippen LogP contribution in [0.15, 0.2) is 23.1 Å². The number of hydrogen-bond donors (Lipinski definition) is 1. The lowest BCUT2D eigenvalue weighted by molar-refractivity contribution is 0.220. The molecule has 1 saturated heterocycles. The molecule has 0 aromatic heterocycles. The van der Waals surface area contributed by atoms with Crippen molar-refractivity contribution in [3.05, 3.63) is 24.0 Å². The smallest absolute Gasteiger partial charge is 0.179 e. The molecule has 2 fully saturated rings. The molecule has 7 heteroatoms. The predicted octanol–water partition coefficient (Wildman–Crippen LogP) is 3.46. The Hall–Kier alpha value is -1.81. The van der Waals surface area contributed by atoms with Gasteiger partial charge in [-0.3, -0.25) is 0 Å². The Labute approximate surface area is 148 Å². The highest BCUT2D eigenvalue weighted by molar-refractivity contribution is 7.91. The number of nitriles is 1. The first kappa shape index (κ1) is 18.0. The first-order valence-corrected chi connectivity index (χ1v) is 10.7. The van der Waals surface area contributed by atoms with E-state index >= 15 is 0 Å². The van der Waals surface area contributed by atoms with Gasteiger partial charge in [0, 0.05) is 19.3 Å². The van der Waals surface area contributed by atoms with Crippen LogP contribution in [-0.2, 0) is 9.73 Å². The first-order chi connectivity index (χ1) is 11.9. The van der Waals surface area contributed by atoms with Gasteiger partial charge in [0.2, 0.25) is 0 Å². The van der Waals surface area contributed by atoms with Gasteiger partial charge in [0.1, 0.15) is 0 Å². The van der Waals surface area contributed by atoms with E-state index in [0.717, 1.165) is 44.3 Å². The molecule has 1 aromatic carbocycles. The van der Waals surface area contributed by atoms with Crippen LogP contribution in [0.2, 0.25) is 0 Å². The van der Waals surface area contributed by atoms with E-state index in [2.05, 4.69) is 6.19 Å². The maximum atomic E-state index is 14.0. The summed E-state index contributed by atoms with van der Waals surface area (Å²) in [4.78, 5) is 2.01. The van der Waals surface area contributed by atoms with Crippen molar-refractivity contribution < 1.29 is 13.3 Å². The average Bonchev–Trinajstić information content (AvgIpc) is 3.35. The number of nitrogens with one attached hydrogen (secondary N) is 1. The van der Waals surface area contributed by atoms with Gasteiger partial charge in [-0.1, -0.05) is 0 Å². The third-order valence-corrected chi connectivity index (χ3v) is 6.52. The van der Waals surface area contributed by atoms with Gasteiger partial charge < -0.3 is 9.64 Å². The maximum absolute atomic E-state index is 14.0. The molecule has 1 heterocycles. The second-order valence-electron chi connectivity index (χ2n) is 7.16. The molecule has 0 radical (unpaired) electrons. The summed E-state index contributed by atoms with van der Waals surface area (Å²) in [5, 5.41) is 8.89. The van der Waals surface area contributed by atoms with Gasteiger partial charge in [0.25, 0.3) is 0 Å². The van der Waals surface area contributed by atoms with E-state index < -0.39 is 15.5 Å². The summed E-state index contributed by atoms with van der Waals surface area (Å²) < 4.78 is 38.7. The minimum atomic E-state index is -2.91. The highest BCUT2D eigenvalue weighted by Crippen LogP contribution is 2.49. The maximum Gasteiger partial charge on any atom is 0.179 e. The van der Waals surface area contributed by atoms with Crippen LogP contribution < -0.4 is 4.74 Å². The van der Waals surface area contributed by atoms with Crippen molar-refractivity contribution in [1.82, 2.24) is 4.90 Å². The van der Waals surface area contributed by atoms with Crippen molar-refractivity contribution in [3.8, 4) is 11.9 Å². The van der Waals surface area contributed by atoms with Crippen LogP contribution >= 0.6 is 0 Å². The molecule has 2 aliphatic rings. The average molecular weight is 365 g/mol. The quantitative estimate of drug-likeness (QED) is 0.783. The van der Waals surface area contributed by atoms with Gasteiger partial charge in [-0.2, -0.15) is 5.26 Å². The molecular formula is C18H24FN3O2S.